The molecule has 19 heavy (non-hydrogen) atoms. The third kappa shape index (κ3) is 2.80. The molecule has 0 bridgehead atoms. The fraction of sp³-hybridized carbons (Fsp3) is 0.308. The number of pyridine rings is 1. The molecule has 6 heteroatoms. The van der Waals surface area contributed by atoms with E-state index < -0.39 is 0 Å². The van der Waals surface area contributed by atoms with Crippen LogP contribution >= 0.6 is 11.3 Å². The minimum Gasteiger partial charge on any atom is -0.289 e. The summed E-state index contributed by atoms with van der Waals surface area (Å²) in [7, 11) is 0. The quantitative estimate of drug-likeness (QED) is 0.500. The van der Waals surface area contributed by atoms with Gasteiger partial charge in [-0.25, -0.2) is 10.8 Å². The molecule has 2 aromatic heterocycles. The van der Waals surface area contributed by atoms with Crippen LogP contribution in [-0.2, 0) is 5.41 Å². The molecular formula is C13H16N4OS. The first kappa shape index (κ1) is 13.6. The van der Waals surface area contributed by atoms with Crippen LogP contribution in [0.5, 0.6) is 0 Å². The summed E-state index contributed by atoms with van der Waals surface area (Å²) in [6.07, 6.45) is 1.70. The molecule has 1 amide bonds. The van der Waals surface area contributed by atoms with E-state index in [1.165, 1.54) is 11.3 Å². The molecule has 0 atom stereocenters. The van der Waals surface area contributed by atoms with Crippen molar-refractivity contribution in [3.8, 4) is 10.7 Å². The molecule has 0 aliphatic carbocycles. The maximum absolute atomic E-state index is 11.8. The summed E-state index contributed by atoms with van der Waals surface area (Å²) in [6, 6.07) is 5.61. The minimum atomic E-state index is -0.315. The van der Waals surface area contributed by atoms with E-state index in [1.807, 2.05) is 39.0 Å². The fourth-order valence-electron chi connectivity index (χ4n) is 1.65. The van der Waals surface area contributed by atoms with Gasteiger partial charge in [0.1, 0.15) is 9.88 Å². The van der Waals surface area contributed by atoms with Crippen molar-refractivity contribution in [2.45, 2.75) is 26.2 Å². The maximum Gasteiger partial charge on any atom is 0.277 e. The van der Waals surface area contributed by atoms with Gasteiger partial charge >= 0.3 is 0 Å². The number of aromatic nitrogens is 2. The number of carbonyl (C=O) groups is 1. The highest BCUT2D eigenvalue weighted by atomic mass is 32.1. The van der Waals surface area contributed by atoms with E-state index in [2.05, 4.69) is 15.4 Å². The van der Waals surface area contributed by atoms with E-state index in [-0.39, 0.29) is 11.3 Å². The molecule has 2 rings (SSSR count). The fourth-order valence-corrected chi connectivity index (χ4v) is 2.80. The van der Waals surface area contributed by atoms with Gasteiger partial charge in [0, 0.05) is 11.6 Å². The van der Waals surface area contributed by atoms with Crippen LogP contribution in [0.2, 0.25) is 0 Å². The summed E-state index contributed by atoms with van der Waals surface area (Å²) in [5.74, 6) is 4.91. The summed E-state index contributed by atoms with van der Waals surface area (Å²) in [6.45, 7) is 6.03. The van der Waals surface area contributed by atoms with Crippen LogP contribution in [0.25, 0.3) is 10.7 Å². The van der Waals surface area contributed by atoms with Gasteiger partial charge in [-0.15, -0.1) is 11.3 Å². The number of nitrogens with two attached hydrogens (primary N) is 1. The highest BCUT2D eigenvalue weighted by molar-refractivity contribution is 7.17. The Balaban J connectivity index is 2.55. The van der Waals surface area contributed by atoms with Crippen molar-refractivity contribution in [2.24, 2.45) is 5.84 Å². The lowest BCUT2D eigenvalue weighted by Gasteiger charge is -2.16. The largest absolute Gasteiger partial charge is 0.289 e. The summed E-state index contributed by atoms with van der Waals surface area (Å²) in [5, 5.41) is 0.726. The van der Waals surface area contributed by atoms with Crippen LogP contribution in [0.3, 0.4) is 0 Å². The van der Waals surface area contributed by atoms with E-state index in [4.69, 9.17) is 5.84 Å². The topological polar surface area (TPSA) is 80.9 Å². The Morgan fingerprint density at radius 1 is 1.37 bits per heavy atom. The molecule has 0 aromatic carbocycles. The van der Waals surface area contributed by atoms with Gasteiger partial charge in [0.15, 0.2) is 0 Å². The van der Waals surface area contributed by atoms with Crippen LogP contribution in [0.4, 0.5) is 0 Å². The van der Waals surface area contributed by atoms with Crippen LogP contribution in [0.15, 0.2) is 24.4 Å². The van der Waals surface area contributed by atoms with Crippen molar-refractivity contribution >= 4 is 17.2 Å². The number of amides is 1. The molecule has 0 fully saturated rings. The second-order valence-corrected chi connectivity index (χ2v) is 6.13. The van der Waals surface area contributed by atoms with Gasteiger partial charge in [-0.3, -0.25) is 15.2 Å². The second kappa shape index (κ2) is 5.07. The average molecular weight is 276 g/mol. The molecule has 0 unspecified atom stereocenters. The lowest BCUT2D eigenvalue weighted by Crippen LogP contribution is -2.31. The lowest BCUT2D eigenvalue weighted by atomic mass is 9.91. The summed E-state index contributed by atoms with van der Waals surface area (Å²) in [4.78, 5) is 21.2. The van der Waals surface area contributed by atoms with Crippen molar-refractivity contribution in [3.05, 3.63) is 35.0 Å². The Morgan fingerprint density at radius 3 is 2.63 bits per heavy atom. The maximum atomic E-state index is 11.8. The molecular weight excluding hydrogens is 260 g/mol. The predicted octanol–water partition coefficient (Wildman–Crippen LogP) is 2.11. The molecule has 100 valence electrons. The smallest absolute Gasteiger partial charge is 0.277 e. The van der Waals surface area contributed by atoms with E-state index in [0.717, 1.165) is 16.4 Å². The van der Waals surface area contributed by atoms with Crippen molar-refractivity contribution in [1.82, 2.24) is 15.4 Å². The van der Waals surface area contributed by atoms with Gasteiger partial charge in [-0.1, -0.05) is 26.8 Å². The number of hydrogen-bond acceptors (Lipinski definition) is 5. The van der Waals surface area contributed by atoms with Crippen molar-refractivity contribution < 1.29 is 4.79 Å². The molecule has 2 heterocycles. The Labute approximate surface area is 115 Å². The predicted molar refractivity (Wildman–Crippen MR) is 75.7 cm³/mol. The van der Waals surface area contributed by atoms with Gasteiger partial charge in [-0.2, -0.15) is 0 Å². The zero-order valence-corrected chi connectivity index (χ0v) is 11.9. The Hall–Kier alpha value is -1.79. The standard InChI is InChI=1S/C13H16N4OS/c1-13(2,3)10-9(11(18)17-14)19-12(16-10)8-6-4-5-7-15-8/h4-7H,14H2,1-3H3,(H,17,18). The first-order valence-corrected chi connectivity index (χ1v) is 6.69. The van der Waals surface area contributed by atoms with Crippen LogP contribution in [-0.4, -0.2) is 15.9 Å². The Kier molecular flexibility index (Phi) is 3.64. The summed E-state index contributed by atoms with van der Waals surface area (Å²) in [5.41, 5.74) is 3.43. The zero-order valence-electron chi connectivity index (χ0n) is 11.1. The monoisotopic (exact) mass is 276 g/mol. The highest BCUT2D eigenvalue weighted by Crippen LogP contribution is 2.33. The molecule has 2 aromatic rings. The lowest BCUT2D eigenvalue weighted by molar-refractivity contribution is 0.0955. The molecule has 0 spiro atoms. The summed E-state index contributed by atoms with van der Waals surface area (Å²) >= 11 is 1.31. The molecule has 0 saturated heterocycles. The molecule has 0 saturated carbocycles. The van der Waals surface area contributed by atoms with E-state index in [0.29, 0.717) is 4.88 Å². The highest BCUT2D eigenvalue weighted by Gasteiger charge is 2.27. The number of hydrogen-bond donors (Lipinski definition) is 2. The average Bonchev–Trinajstić information content (AvgIpc) is 2.84. The number of nitrogens with zero attached hydrogens (tertiary/aromatic N) is 2. The Morgan fingerprint density at radius 2 is 2.11 bits per heavy atom. The Bertz CT molecular complexity index is 586. The van der Waals surface area contributed by atoms with Crippen LogP contribution < -0.4 is 11.3 Å². The SMILES string of the molecule is CC(C)(C)c1nc(-c2ccccn2)sc1C(=O)NN. The van der Waals surface area contributed by atoms with Crippen molar-refractivity contribution in [2.75, 3.05) is 0 Å². The third-order valence-corrected chi connectivity index (χ3v) is 3.64. The molecule has 0 radical (unpaired) electrons. The first-order chi connectivity index (χ1) is 8.93. The van der Waals surface area contributed by atoms with Gasteiger partial charge in [0.05, 0.1) is 11.4 Å². The van der Waals surface area contributed by atoms with Gasteiger partial charge in [0.2, 0.25) is 0 Å². The first-order valence-electron chi connectivity index (χ1n) is 5.87. The number of rotatable bonds is 2. The molecule has 3 N–H and O–H groups in total. The summed E-state index contributed by atoms with van der Waals surface area (Å²) < 4.78 is 0. The minimum absolute atomic E-state index is 0.231. The van der Waals surface area contributed by atoms with Crippen molar-refractivity contribution in [3.63, 3.8) is 0 Å². The molecule has 5 nitrogen and oxygen atoms in total. The van der Waals surface area contributed by atoms with Crippen LogP contribution in [0, 0.1) is 0 Å². The number of thiazole rings is 1. The number of hydrazine groups is 1. The zero-order chi connectivity index (χ0) is 14.0. The van der Waals surface area contributed by atoms with Gasteiger partial charge < -0.3 is 0 Å². The van der Waals surface area contributed by atoms with Gasteiger partial charge in [0.25, 0.3) is 5.91 Å². The van der Waals surface area contributed by atoms with E-state index >= 15 is 0 Å². The molecule has 0 aliphatic rings. The third-order valence-electron chi connectivity index (χ3n) is 2.56. The van der Waals surface area contributed by atoms with E-state index in [1.54, 1.807) is 6.20 Å². The van der Waals surface area contributed by atoms with Gasteiger partial charge in [-0.05, 0) is 12.1 Å². The van der Waals surface area contributed by atoms with E-state index in [9.17, 15) is 4.79 Å². The number of nitrogens with one attached hydrogen (secondary N) is 1. The van der Waals surface area contributed by atoms with Crippen molar-refractivity contribution in [1.29, 1.82) is 0 Å². The number of carbonyl (C=O) groups excluding carboxylic acids is 1. The van der Waals surface area contributed by atoms with Crippen LogP contribution in [0.1, 0.15) is 36.1 Å². The normalized spacial score (nSPS) is 11.4. The molecule has 0 aliphatic heterocycles. The number of nitrogen functional groups attached to an aromatic ring is 1. The second-order valence-electron chi connectivity index (χ2n) is 5.14.